The van der Waals surface area contributed by atoms with Crippen molar-refractivity contribution in [2.45, 2.75) is 130 Å². The van der Waals surface area contributed by atoms with Crippen LogP contribution >= 0.6 is 11.6 Å². The Balaban J connectivity index is 0.000000149. The molecule has 0 atom stereocenters. The van der Waals surface area contributed by atoms with Gasteiger partial charge < -0.3 is 48.4 Å². The Morgan fingerprint density at radius 1 is 0.564 bits per heavy atom. The zero-order valence-electron chi connectivity index (χ0n) is 45.1. The molecule has 0 radical (unpaired) electrons. The zero-order chi connectivity index (χ0) is 56.5. The summed E-state index contributed by atoms with van der Waals surface area (Å²) in [5, 5.41) is 6.04. The topological polar surface area (TPSA) is 184 Å². The summed E-state index contributed by atoms with van der Waals surface area (Å²) in [7, 11) is 2.80. The average Bonchev–Trinajstić information content (AvgIpc) is 4.39. The number of ether oxygens (including phenoxy) is 6. The Labute approximate surface area is 454 Å². The molecule has 2 saturated carbocycles. The highest BCUT2D eigenvalue weighted by Crippen LogP contribution is 2.54. The minimum atomic E-state index is -3.70. The highest BCUT2D eigenvalue weighted by molar-refractivity contribution is 6.62. The number of pyridine rings is 4. The number of carbonyl (C=O) groups is 2. The number of fused-ring (bicyclic) bond motifs is 2. The number of hydrogen-bond donors (Lipinski definition) is 2. The van der Waals surface area contributed by atoms with Gasteiger partial charge in [-0.3, -0.25) is 9.59 Å². The van der Waals surface area contributed by atoms with Crippen LogP contribution < -0.4 is 44.5 Å². The maximum absolute atomic E-state index is 13.4. The third-order valence-corrected chi connectivity index (χ3v) is 15.5. The van der Waals surface area contributed by atoms with Gasteiger partial charge in [0, 0.05) is 22.8 Å². The van der Waals surface area contributed by atoms with E-state index in [4.69, 9.17) is 35.4 Å². The molecule has 4 aromatic heterocycles. The van der Waals surface area contributed by atoms with E-state index >= 15 is 0 Å². The Hall–Kier alpha value is -7.23. The van der Waals surface area contributed by atoms with Gasteiger partial charge in [0.25, 0.3) is 0 Å². The van der Waals surface area contributed by atoms with Gasteiger partial charge in [-0.25, -0.2) is 19.9 Å². The Kier molecular flexibility index (Phi) is 14.4. The summed E-state index contributed by atoms with van der Waals surface area (Å²) < 4.78 is 93.4. The van der Waals surface area contributed by atoms with Crippen LogP contribution in [0.25, 0.3) is 11.3 Å². The molecule has 3 aliphatic heterocycles. The van der Waals surface area contributed by atoms with E-state index in [1.807, 2.05) is 93.5 Å². The van der Waals surface area contributed by atoms with E-state index in [2.05, 4.69) is 44.5 Å². The van der Waals surface area contributed by atoms with Crippen LogP contribution in [-0.4, -0.2) is 76.9 Å². The van der Waals surface area contributed by atoms with E-state index in [9.17, 15) is 27.2 Å². The molecule has 22 heteroatoms. The van der Waals surface area contributed by atoms with E-state index in [0.717, 1.165) is 50.4 Å². The van der Waals surface area contributed by atoms with Gasteiger partial charge in [-0.2, -0.15) is 0 Å². The maximum Gasteiger partial charge on any atom is 0.586 e. The van der Waals surface area contributed by atoms with Crippen molar-refractivity contribution in [1.82, 2.24) is 19.9 Å². The summed E-state index contributed by atoms with van der Waals surface area (Å²) in [6.07, 6.45) is -4.99. The van der Waals surface area contributed by atoms with Crippen molar-refractivity contribution < 1.29 is 64.9 Å². The predicted molar refractivity (Wildman–Crippen MR) is 283 cm³/mol. The normalized spacial score (nSPS) is 18.3. The van der Waals surface area contributed by atoms with Gasteiger partial charge in [-0.15, -0.1) is 17.6 Å². The fourth-order valence-electron chi connectivity index (χ4n) is 9.12. The molecule has 2 aliphatic carbocycles. The molecule has 0 unspecified atom stereocenters. The molecule has 16 nitrogen and oxygen atoms in total. The van der Waals surface area contributed by atoms with Crippen molar-refractivity contribution >= 4 is 47.6 Å². The molecule has 2 aromatic carbocycles. The number of benzene rings is 2. The zero-order valence-corrected chi connectivity index (χ0v) is 45.9. The minimum absolute atomic E-state index is 0.0439. The van der Waals surface area contributed by atoms with Crippen molar-refractivity contribution in [3.8, 4) is 46.0 Å². The van der Waals surface area contributed by atoms with Crippen LogP contribution in [0.15, 0.2) is 72.8 Å². The highest BCUT2D eigenvalue weighted by atomic mass is 35.5. The molecule has 410 valence electrons. The first kappa shape index (κ1) is 55.5. The number of aryl methyl sites for hydroxylation is 4. The highest BCUT2D eigenvalue weighted by Gasteiger charge is 2.55. The van der Waals surface area contributed by atoms with Crippen molar-refractivity contribution in [1.29, 1.82) is 0 Å². The Morgan fingerprint density at radius 2 is 1.00 bits per heavy atom. The van der Waals surface area contributed by atoms with Crippen LogP contribution in [0.5, 0.6) is 34.8 Å². The van der Waals surface area contributed by atoms with E-state index in [1.54, 1.807) is 38.5 Å². The number of halogens is 5. The molecule has 3 fully saturated rings. The Morgan fingerprint density at radius 3 is 1.44 bits per heavy atom. The van der Waals surface area contributed by atoms with Crippen molar-refractivity contribution in [3.63, 3.8) is 0 Å². The number of methoxy groups -OCH3 is 2. The van der Waals surface area contributed by atoms with E-state index in [-0.39, 0.29) is 53.1 Å². The largest absolute Gasteiger partial charge is 0.586 e. The first-order valence-electron chi connectivity index (χ1n) is 25.0. The smallest absolute Gasteiger partial charge is 0.481 e. The minimum Gasteiger partial charge on any atom is -0.481 e. The van der Waals surface area contributed by atoms with E-state index in [1.165, 1.54) is 24.3 Å². The Bertz CT molecular complexity index is 3340. The van der Waals surface area contributed by atoms with Gasteiger partial charge in [0.15, 0.2) is 23.0 Å². The fourth-order valence-corrected chi connectivity index (χ4v) is 9.36. The second kappa shape index (κ2) is 20.2. The van der Waals surface area contributed by atoms with E-state index in [0.29, 0.717) is 65.4 Å². The molecule has 78 heavy (non-hydrogen) atoms. The van der Waals surface area contributed by atoms with Crippen LogP contribution in [0.2, 0.25) is 5.15 Å². The van der Waals surface area contributed by atoms with Crippen molar-refractivity contribution in [3.05, 3.63) is 123 Å². The second-order valence-corrected chi connectivity index (χ2v) is 21.2. The predicted octanol–water partition coefficient (Wildman–Crippen LogP) is 11.1. The molecule has 2 N–H and O–H groups in total. The molecule has 6 aromatic rings. The molecular weight excluding hydrogens is 1040 g/mol. The lowest BCUT2D eigenvalue weighted by molar-refractivity contribution is -0.287. The second-order valence-electron chi connectivity index (χ2n) is 20.9. The maximum atomic E-state index is 13.4. The van der Waals surface area contributed by atoms with Gasteiger partial charge in [-0.05, 0) is 177 Å². The number of nitrogens with one attached hydrogen (secondary N) is 2. The van der Waals surface area contributed by atoms with Crippen LogP contribution in [0.3, 0.4) is 0 Å². The van der Waals surface area contributed by atoms with Crippen LogP contribution in [0, 0.1) is 41.5 Å². The van der Waals surface area contributed by atoms with Crippen LogP contribution in [0.1, 0.15) is 98.1 Å². The molecule has 5 aliphatic rings. The van der Waals surface area contributed by atoms with Gasteiger partial charge in [0.2, 0.25) is 23.6 Å². The summed E-state index contributed by atoms with van der Waals surface area (Å²) in [6, 6.07) is 19.9. The third kappa shape index (κ3) is 11.0. The number of aromatic nitrogens is 4. The summed E-state index contributed by atoms with van der Waals surface area (Å²) in [6.45, 7) is 19.6. The van der Waals surface area contributed by atoms with Gasteiger partial charge >= 0.3 is 19.7 Å². The van der Waals surface area contributed by atoms with E-state index < -0.39 is 23.4 Å². The summed E-state index contributed by atoms with van der Waals surface area (Å²) >= 11 is 6.08. The number of anilines is 2. The lowest BCUT2D eigenvalue weighted by Crippen LogP contribution is -2.41. The van der Waals surface area contributed by atoms with Crippen LogP contribution in [-0.2, 0) is 29.7 Å². The summed E-state index contributed by atoms with van der Waals surface area (Å²) in [4.78, 5) is 43.8. The van der Waals surface area contributed by atoms with Crippen LogP contribution in [0.4, 0.5) is 29.2 Å². The number of rotatable bonds is 10. The number of nitrogens with zero attached hydrogens (tertiary/aromatic N) is 4. The molecule has 2 amide bonds. The number of alkyl halides is 4. The molecular formula is C56H58BClF4N6O10. The van der Waals surface area contributed by atoms with Gasteiger partial charge in [0.1, 0.15) is 16.8 Å². The molecule has 0 bridgehead atoms. The lowest BCUT2D eigenvalue weighted by atomic mass is 9.78. The molecule has 11 rings (SSSR count). The molecule has 0 spiro atoms. The first-order valence-corrected chi connectivity index (χ1v) is 25.4. The number of hydrogen-bond acceptors (Lipinski definition) is 14. The summed E-state index contributed by atoms with van der Waals surface area (Å²) in [5.41, 5.74) is 6.78. The van der Waals surface area contributed by atoms with Gasteiger partial charge in [0.05, 0.1) is 47.6 Å². The third-order valence-electron chi connectivity index (χ3n) is 15.1. The lowest BCUT2D eigenvalue weighted by Gasteiger charge is -2.32. The SMILES string of the molecule is COc1ccc(-c2nc(NC(=O)C3(c4ccc5c(c4)OC(F)(F)O5)CC3)cc(C)c2C)c(C)n1.COc1ccc(B2OC(C)(C)C(C)(C)O2)c(C)n1.Cc1cc(NC(=O)C2(c3ccc4c(c3)OC(F)(F)O4)CC2)nc(Cl)c1C. The number of carbonyl (C=O) groups excluding carboxylic acids is 2. The van der Waals surface area contributed by atoms with Crippen molar-refractivity contribution in [2.24, 2.45) is 0 Å². The monoisotopic (exact) mass is 1100 g/mol. The quantitative estimate of drug-likeness (QED) is 0.0750. The first-order chi connectivity index (χ1) is 36.6. The fraction of sp³-hybridized carbons (Fsp3) is 0.393. The average molecular weight is 1100 g/mol. The summed E-state index contributed by atoms with van der Waals surface area (Å²) in [5.74, 6) is 1.16. The molecule has 1 saturated heterocycles. The number of amides is 2. The van der Waals surface area contributed by atoms with Crippen molar-refractivity contribution in [2.75, 3.05) is 24.9 Å². The molecule has 7 heterocycles. The van der Waals surface area contributed by atoms with Gasteiger partial charge in [-0.1, -0.05) is 29.8 Å². The standard InChI is InChI=1S/C25H23F2N3O4.C18H15ClF2N2O3.C13H20BNO3/c1-13-11-20(29-22(14(13)2)17-6-8-21(32-4)28-15(17)3)30-23(31)24(9-10-24)16-5-7-18-19(12-16)34-25(26,27)33-18;1-9-7-14(22-15(19)10(9)2)23-16(24)17(5-6-17)11-3-4-12-13(8-11)26-18(20,21)25-12;1-9-10(7-8-11(15-9)16-6)14-17-12(2,3)13(4,5)18-14/h5-8,11-12H,9-10H2,1-4H3,(H,29,30,31);3-4,7-8H,5-6H2,1-2H3,(H,22,23,24);7-8H,1-6H3.